The maximum absolute atomic E-state index is 13.3. The van der Waals surface area contributed by atoms with Gasteiger partial charge in [-0.3, -0.25) is 10.1 Å². The van der Waals surface area contributed by atoms with Gasteiger partial charge in [-0.25, -0.2) is 9.40 Å². The van der Waals surface area contributed by atoms with E-state index in [1.807, 2.05) is 29.3 Å². The molecule has 2 aliphatic rings. The van der Waals surface area contributed by atoms with Gasteiger partial charge in [-0.2, -0.15) is 5.10 Å². The van der Waals surface area contributed by atoms with E-state index in [4.69, 9.17) is 21.4 Å². The first-order valence-corrected chi connectivity index (χ1v) is 9.70. The molecule has 0 saturated heterocycles. The molecule has 30 heavy (non-hydrogen) atoms. The maximum Gasteiger partial charge on any atom is 0.288 e. The van der Waals surface area contributed by atoms with Crippen LogP contribution in [0.15, 0.2) is 71.8 Å². The Kier molecular flexibility index (Phi) is 4.40. The quantitative estimate of drug-likeness (QED) is 0.404. The molecule has 8 heteroatoms. The molecule has 2 unspecified atom stereocenters. The highest BCUT2D eigenvalue weighted by atomic mass is 35.5. The van der Waals surface area contributed by atoms with Crippen LogP contribution < -0.4 is 4.74 Å². The zero-order valence-corrected chi connectivity index (χ0v) is 16.3. The van der Waals surface area contributed by atoms with E-state index in [9.17, 15) is 14.5 Å². The molecule has 3 aromatic rings. The standard InChI is InChI=1S/C22H15ClFN3O3/c23-17-10-7-14(11-20(17)27(28)29)22-26-19(16-3-1-2-4-21(16)30-22)12-18(25-26)13-5-8-15(24)9-6-13/h1-11,19,22H,12H2. The predicted octanol–water partition coefficient (Wildman–Crippen LogP) is 5.63. The van der Waals surface area contributed by atoms with Crippen LogP contribution in [0.5, 0.6) is 5.75 Å². The largest absolute Gasteiger partial charge is 0.464 e. The fraction of sp³-hybridized carbons (Fsp3) is 0.136. The predicted molar refractivity (Wildman–Crippen MR) is 110 cm³/mol. The fourth-order valence-corrected chi connectivity index (χ4v) is 4.08. The van der Waals surface area contributed by atoms with Crippen molar-refractivity contribution >= 4 is 23.0 Å². The van der Waals surface area contributed by atoms with Crippen molar-refractivity contribution in [1.82, 2.24) is 5.01 Å². The number of benzene rings is 3. The van der Waals surface area contributed by atoms with E-state index in [1.165, 1.54) is 24.3 Å². The average molecular weight is 424 g/mol. The van der Waals surface area contributed by atoms with Crippen LogP contribution in [0.2, 0.25) is 5.02 Å². The number of rotatable bonds is 3. The van der Waals surface area contributed by atoms with Crippen LogP contribution in [0.3, 0.4) is 0 Å². The number of nitrogens with zero attached hydrogens (tertiary/aromatic N) is 3. The molecule has 2 heterocycles. The van der Waals surface area contributed by atoms with Gasteiger partial charge in [0.1, 0.15) is 16.6 Å². The van der Waals surface area contributed by atoms with Gasteiger partial charge in [0.15, 0.2) is 0 Å². The third kappa shape index (κ3) is 3.07. The Morgan fingerprint density at radius 3 is 2.67 bits per heavy atom. The molecule has 0 aromatic heterocycles. The van der Waals surface area contributed by atoms with E-state index in [2.05, 4.69) is 0 Å². The van der Waals surface area contributed by atoms with E-state index >= 15 is 0 Å². The second-order valence-corrected chi connectivity index (χ2v) is 7.54. The first-order chi connectivity index (χ1) is 14.5. The molecule has 0 radical (unpaired) electrons. The van der Waals surface area contributed by atoms with Crippen LogP contribution in [-0.4, -0.2) is 15.6 Å². The van der Waals surface area contributed by atoms with Crippen molar-refractivity contribution in [2.75, 3.05) is 0 Å². The first kappa shape index (κ1) is 18.6. The molecule has 3 aromatic carbocycles. The van der Waals surface area contributed by atoms with E-state index in [0.717, 1.165) is 16.8 Å². The Hall–Kier alpha value is -3.45. The number of fused-ring (bicyclic) bond motifs is 3. The highest BCUT2D eigenvalue weighted by molar-refractivity contribution is 6.32. The fourth-order valence-electron chi connectivity index (χ4n) is 3.89. The first-order valence-electron chi connectivity index (χ1n) is 9.32. The summed E-state index contributed by atoms with van der Waals surface area (Å²) in [5, 5.41) is 18.0. The monoisotopic (exact) mass is 423 g/mol. The number of para-hydroxylation sites is 1. The Balaban J connectivity index is 1.60. The number of nitro groups is 1. The normalized spacial score (nSPS) is 19.5. The van der Waals surface area contributed by atoms with Crippen molar-refractivity contribution in [3.8, 4) is 5.75 Å². The molecular weight excluding hydrogens is 409 g/mol. The van der Waals surface area contributed by atoms with Crippen LogP contribution in [0, 0.1) is 15.9 Å². The van der Waals surface area contributed by atoms with Gasteiger partial charge in [0.05, 0.1) is 16.7 Å². The van der Waals surface area contributed by atoms with Crippen molar-refractivity contribution in [3.63, 3.8) is 0 Å². The summed E-state index contributed by atoms with van der Waals surface area (Å²) < 4.78 is 19.6. The summed E-state index contributed by atoms with van der Waals surface area (Å²) in [5.74, 6) is 0.395. The lowest BCUT2D eigenvalue weighted by Gasteiger charge is -2.38. The SMILES string of the molecule is O=[N+]([O-])c1cc(C2Oc3ccccc3C3CC(c4ccc(F)cc4)=NN32)ccc1Cl. The lowest BCUT2D eigenvalue weighted by Crippen LogP contribution is -2.33. The number of nitro benzene ring substituents is 1. The highest BCUT2D eigenvalue weighted by Gasteiger charge is 2.41. The van der Waals surface area contributed by atoms with E-state index in [1.54, 1.807) is 18.2 Å². The Bertz CT molecular complexity index is 1180. The number of hydrogen-bond acceptors (Lipinski definition) is 5. The number of ether oxygens (including phenoxy) is 1. The second kappa shape index (κ2) is 7.11. The summed E-state index contributed by atoms with van der Waals surface area (Å²) >= 11 is 5.98. The third-order valence-corrected chi connectivity index (χ3v) is 5.65. The van der Waals surface area contributed by atoms with E-state index in [0.29, 0.717) is 17.7 Å². The lowest BCUT2D eigenvalue weighted by atomic mass is 9.96. The summed E-state index contributed by atoms with van der Waals surface area (Å²) in [4.78, 5) is 10.8. The third-order valence-electron chi connectivity index (χ3n) is 5.33. The Labute approximate surface area is 176 Å². The molecule has 2 aliphatic heterocycles. The van der Waals surface area contributed by atoms with Crippen molar-refractivity contribution in [3.05, 3.63) is 104 Å². The number of hydrazone groups is 1. The summed E-state index contributed by atoms with van der Waals surface area (Å²) in [6.45, 7) is 0. The molecule has 0 N–H and O–H groups in total. The van der Waals surface area contributed by atoms with E-state index in [-0.39, 0.29) is 22.6 Å². The van der Waals surface area contributed by atoms with Crippen LogP contribution in [-0.2, 0) is 0 Å². The van der Waals surface area contributed by atoms with Gasteiger partial charge in [-0.05, 0) is 29.8 Å². The average Bonchev–Trinajstić information content (AvgIpc) is 3.19. The molecule has 0 spiro atoms. The summed E-state index contributed by atoms with van der Waals surface area (Å²) in [6.07, 6.45) is -0.0446. The Morgan fingerprint density at radius 2 is 1.90 bits per heavy atom. The molecular formula is C22H15ClFN3O3. The van der Waals surface area contributed by atoms with E-state index < -0.39 is 11.2 Å². The smallest absolute Gasteiger partial charge is 0.288 e. The number of halogens is 2. The molecule has 0 saturated carbocycles. The maximum atomic E-state index is 13.3. The second-order valence-electron chi connectivity index (χ2n) is 7.13. The van der Waals surface area contributed by atoms with Gasteiger partial charge < -0.3 is 4.74 Å². The van der Waals surface area contributed by atoms with Crippen molar-refractivity contribution < 1.29 is 14.1 Å². The van der Waals surface area contributed by atoms with Crippen molar-refractivity contribution in [2.45, 2.75) is 18.7 Å². The van der Waals surface area contributed by atoms with Gasteiger partial charge >= 0.3 is 0 Å². The molecule has 150 valence electrons. The molecule has 0 amide bonds. The van der Waals surface area contributed by atoms with Crippen LogP contribution >= 0.6 is 11.6 Å². The zero-order valence-electron chi connectivity index (χ0n) is 15.5. The Morgan fingerprint density at radius 1 is 1.13 bits per heavy atom. The van der Waals surface area contributed by atoms with Gasteiger partial charge in [0.25, 0.3) is 5.69 Å². The van der Waals surface area contributed by atoms with Crippen LogP contribution in [0.1, 0.15) is 35.4 Å². The molecule has 2 atom stereocenters. The van der Waals surface area contributed by atoms with Crippen molar-refractivity contribution in [2.24, 2.45) is 5.10 Å². The van der Waals surface area contributed by atoms with Crippen LogP contribution in [0.25, 0.3) is 0 Å². The van der Waals surface area contributed by atoms with Crippen molar-refractivity contribution in [1.29, 1.82) is 0 Å². The van der Waals surface area contributed by atoms with Crippen LogP contribution in [0.4, 0.5) is 10.1 Å². The molecule has 0 aliphatic carbocycles. The summed E-state index contributed by atoms with van der Waals surface area (Å²) in [5.41, 5.74) is 3.00. The molecule has 5 rings (SSSR count). The molecule has 6 nitrogen and oxygen atoms in total. The van der Waals surface area contributed by atoms with Gasteiger partial charge in [0.2, 0.25) is 6.23 Å². The summed E-state index contributed by atoms with van der Waals surface area (Å²) in [7, 11) is 0. The molecule has 0 bridgehead atoms. The van der Waals surface area contributed by atoms with Gasteiger partial charge in [-0.1, -0.05) is 48.0 Å². The zero-order chi connectivity index (χ0) is 20.8. The minimum atomic E-state index is -0.654. The topological polar surface area (TPSA) is 68.0 Å². The highest BCUT2D eigenvalue weighted by Crippen LogP contribution is 2.48. The number of hydrogen-bond donors (Lipinski definition) is 0. The summed E-state index contributed by atoms with van der Waals surface area (Å²) in [6, 6.07) is 18.4. The molecule has 0 fully saturated rings. The van der Waals surface area contributed by atoms with Gasteiger partial charge in [-0.15, -0.1) is 0 Å². The van der Waals surface area contributed by atoms with Gasteiger partial charge in [0, 0.05) is 23.6 Å². The minimum Gasteiger partial charge on any atom is -0.464 e. The minimum absolute atomic E-state index is 0.0634. The lowest BCUT2D eigenvalue weighted by molar-refractivity contribution is -0.384.